The third-order valence-corrected chi connectivity index (χ3v) is 7.26. The Morgan fingerprint density at radius 2 is 1.69 bits per heavy atom. The van der Waals surface area contributed by atoms with Crippen molar-refractivity contribution in [3.05, 3.63) is 23.0 Å². The molecular formula is C18H27O7P. The number of ether oxygens (including phenoxy) is 2. The van der Waals surface area contributed by atoms with E-state index in [9.17, 15) is 14.2 Å². The van der Waals surface area contributed by atoms with Gasteiger partial charge in [0.25, 0.3) is 0 Å². The maximum Gasteiger partial charge on any atom is 0.357 e. The van der Waals surface area contributed by atoms with Crippen molar-refractivity contribution in [3.63, 3.8) is 0 Å². The number of hydrogen-bond donors (Lipinski definition) is 0. The number of rotatable bonds is 7. The molecule has 0 aromatic carbocycles. The number of methoxy groups -OCH3 is 2. The Morgan fingerprint density at radius 3 is 2.15 bits per heavy atom. The van der Waals surface area contributed by atoms with Crippen LogP contribution in [0.2, 0.25) is 0 Å². The average molecular weight is 386 g/mol. The molecule has 7 nitrogen and oxygen atoms in total. The third-order valence-electron chi connectivity index (χ3n) is 4.99. The zero-order chi connectivity index (χ0) is 19.5. The van der Waals surface area contributed by atoms with E-state index in [1.165, 1.54) is 14.2 Å². The Morgan fingerprint density at radius 1 is 1.15 bits per heavy atom. The Bertz CT molecular complexity index is 653. The lowest BCUT2D eigenvalue weighted by molar-refractivity contribution is -0.172. The van der Waals surface area contributed by atoms with E-state index in [-0.39, 0.29) is 25.6 Å². The summed E-state index contributed by atoms with van der Waals surface area (Å²) >= 11 is 0. The van der Waals surface area contributed by atoms with Crippen LogP contribution < -0.4 is 0 Å². The SMILES string of the molecule is CCOP(=O)(OCC)C1=C2C=C[C@@H](C)CC2C(C(=O)OC)(C(=O)OC)C1. The highest BCUT2D eigenvalue weighted by Gasteiger charge is 2.63. The van der Waals surface area contributed by atoms with Crippen LogP contribution in [0.4, 0.5) is 0 Å². The summed E-state index contributed by atoms with van der Waals surface area (Å²) in [7, 11) is -1.18. The fourth-order valence-electron chi connectivity index (χ4n) is 3.88. The van der Waals surface area contributed by atoms with Crippen LogP contribution in [0.3, 0.4) is 0 Å². The Balaban J connectivity index is 2.67. The smallest absolute Gasteiger partial charge is 0.357 e. The van der Waals surface area contributed by atoms with Gasteiger partial charge in [0.05, 0.1) is 27.4 Å². The van der Waals surface area contributed by atoms with Gasteiger partial charge in [-0.25, -0.2) is 0 Å². The summed E-state index contributed by atoms with van der Waals surface area (Å²) in [6.07, 6.45) is 4.24. The van der Waals surface area contributed by atoms with Crippen molar-refractivity contribution in [2.45, 2.75) is 33.6 Å². The van der Waals surface area contributed by atoms with Crippen LogP contribution >= 0.6 is 7.60 Å². The van der Waals surface area contributed by atoms with Crippen molar-refractivity contribution in [2.75, 3.05) is 27.4 Å². The molecule has 0 fully saturated rings. The standard InChI is InChI=1S/C18H27O7P/c1-6-24-26(21,25-7-2)15-11-18(16(19)22-4,17(20)23-5)14-10-12(3)8-9-13(14)15/h8-9,12,14H,6-7,10-11H2,1-5H3/t12-,14?/m1/s1. The van der Waals surface area contributed by atoms with Gasteiger partial charge in [-0.2, -0.15) is 0 Å². The molecule has 8 heteroatoms. The van der Waals surface area contributed by atoms with Crippen LogP contribution in [-0.4, -0.2) is 39.4 Å². The molecule has 0 aromatic heterocycles. The summed E-state index contributed by atoms with van der Waals surface area (Å²) in [4.78, 5) is 25.5. The van der Waals surface area contributed by atoms with Crippen molar-refractivity contribution in [1.82, 2.24) is 0 Å². The minimum Gasteiger partial charge on any atom is -0.468 e. The van der Waals surface area contributed by atoms with E-state index in [4.69, 9.17) is 18.5 Å². The largest absolute Gasteiger partial charge is 0.468 e. The zero-order valence-electron chi connectivity index (χ0n) is 15.9. The predicted octanol–water partition coefficient (Wildman–Crippen LogP) is 3.45. The van der Waals surface area contributed by atoms with E-state index in [1.54, 1.807) is 13.8 Å². The van der Waals surface area contributed by atoms with E-state index < -0.39 is 30.9 Å². The van der Waals surface area contributed by atoms with E-state index in [1.807, 2.05) is 19.1 Å². The van der Waals surface area contributed by atoms with Gasteiger partial charge >= 0.3 is 19.5 Å². The van der Waals surface area contributed by atoms with Gasteiger partial charge < -0.3 is 18.5 Å². The lowest BCUT2D eigenvalue weighted by Crippen LogP contribution is -2.46. The molecule has 2 aliphatic rings. The molecule has 0 heterocycles. The second-order valence-electron chi connectivity index (χ2n) is 6.49. The van der Waals surface area contributed by atoms with E-state index in [0.29, 0.717) is 17.3 Å². The van der Waals surface area contributed by atoms with Gasteiger partial charge in [0, 0.05) is 17.7 Å². The van der Waals surface area contributed by atoms with E-state index >= 15 is 0 Å². The monoisotopic (exact) mass is 386 g/mol. The first-order chi connectivity index (χ1) is 12.3. The lowest BCUT2D eigenvalue weighted by Gasteiger charge is -2.34. The maximum atomic E-state index is 13.4. The summed E-state index contributed by atoms with van der Waals surface area (Å²) in [6.45, 7) is 5.80. The fraction of sp³-hybridized carbons (Fsp3) is 0.667. The molecule has 146 valence electrons. The fourth-order valence-corrected chi connectivity index (χ4v) is 5.93. The minimum atomic E-state index is -3.64. The second kappa shape index (κ2) is 8.07. The lowest BCUT2D eigenvalue weighted by atomic mass is 9.69. The third kappa shape index (κ3) is 3.28. The van der Waals surface area contributed by atoms with Crippen LogP contribution in [0, 0.1) is 17.3 Å². The van der Waals surface area contributed by atoms with Crippen molar-refractivity contribution in [2.24, 2.45) is 17.3 Å². The molecular weight excluding hydrogens is 359 g/mol. The quantitative estimate of drug-likeness (QED) is 0.376. The van der Waals surface area contributed by atoms with Crippen LogP contribution in [-0.2, 0) is 32.7 Å². The van der Waals surface area contributed by atoms with E-state index in [2.05, 4.69) is 0 Å². The normalized spacial score (nSPS) is 24.3. The summed E-state index contributed by atoms with van der Waals surface area (Å²) in [6, 6.07) is 0. The molecule has 2 aliphatic carbocycles. The highest BCUT2D eigenvalue weighted by atomic mass is 31.2. The van der Waals surface area contributed by atoms with Crippen molar-refractivity contribution >= 4 is 19.5 Å². The number of allylic oxidation sites excluding steroid dienone is 4. The van der Waals surface area contributed by atoms with Crippen LogP contribution in [0.25, 0.3) is 0 Å². The Kier molecular flexibility index (Phi) is 6.48. The van der Waals surface area contributed by atoms with Gasteiger partial charge in [-0.05, 0) is 31.8 Å². The molecule has 0 bridgehead atoms. The number of carbonyl (C=O) groups excluding carboxylic acids is 2. The Labute approximate surface area is 154 Å². The van der Waals surface area contributed by atoms with Crippen LogP contribution in [0.15, 0.2) is 23.0 Å². The number of esters is 2. The highest BCUT2D eigenvalue weighted by Crippen LogP contribution is 2.67. The molecule has 0 N–H and O–H groups in total. The molecule has 2 rings (SSSR count). The molecule has 0 amide bonds. The molecule has 0 aromatic rings. The Hall–Kier alpha value is -1.43. The first-order valence-electron chi connectivity index (χ1n) is 8.78. The van der Waals surface area contributed by atoms with Crippen molar-refractivity contribution in [1.29, 1.82) is 0 Å². The van der Waals surface area contributed by atoms with Gasteiger partial charge in [0.15, 0.2) is 5.41 Å². The summed E-state index contributed by atoms with van der Waals surface area (Å²) in [5.41, 5.74) is -0.916. The summed E-state index contributed by atoms with van der Waals surface area (Å²) < 4.78 is 34.3. The molecule has 2 atom stereocenters. The van der Waals surface area contributed by atoms with Gasteiger partial charge in [0.1, 0.15) is 0 Å². The van der Waals surface area contributed by atoms with Gasteiger partial charge in [-0.3, -0.25) is 14.2 Å². The van der Waals surface area contributed by atoms with Gasteiger partial charge in [-0.15, -0.1) is 0 Å². The summed E-state index contributed by atoms with van der Waals surface area (Å²) in [5.74, 6) is -1.73. The molecule has 0 aliphatic heterocycles. The second-order valence-corrected chi connectivity index (χ2v) is 8.54. The zero-order valence-corrected chi connectivity index (χ0v) is 16.8. The van der Waals surface area contributed by atoms with Crippen LogP contribution in [0.1, 0.15) is 33.6 Å². The molecule has 26 heavy (non-hydrogen) atoms. The number of fused-ring (bicyclic) bond motifs is 1. The summed E-state index contributed by atoms with van der Waals surface area (Å²) in [5, 5.41) is 0.366. The molecule has 0 saturated carbocycles. The van der Waals surface area contributed by atoms with Crippen molar-refractivity contribution in [3.8, 4) is 0 Å². The highest BCUT2D eigenvalue weighted by molar-refractivity contribution is 7.58. The van der Waals surface area contributed by atoms with Crippen LogP contribution in [0.5, 0.6) is 0 Å². The van der Waals surface area contributed by atoms with Gasteiger partial charge in [0.2, 0.25) is 0 Å². The predicted molar refractivity (Wildman–Crippen MR) is 95.4 cm³/mol. The number of hydrogen-bond acceptors (Lipinski definition) is 7. The average Bonchev–Trinajstić information content (AvgIpc) is 2.97. The first kappa shape index (κ1) is 20.9. The molecule has 0 radical (unpaired) electrons. The minimum absolute atomic E-state index is 0.0965. The van der Waals surface area contributed by atoms with Gasteiger partial charge in [-0.1, -0.05) is 19.1 Å². The molecule has 0 saturated heterocycles. The van der Waals surface area contributed by atoms with Crippen molar-refractivity contribution < 1.29 is 32.7 Å². The topological polar surface area (TPSA) is 88.1 Å². The maximum absolute atomic E-state index is 13.4. The molecule has 0 spiro atoms. The van der Waals surface area contributed by atoms with E-state index in [0.717, 1.165) is 0 Å². The first-order valence-corrected chi connectivity index (χ1v) is 10.3. The molecule has 1 unspecified atom stereocenters. The number of carbonyl (C=O) groups is 2.